The summed E-state index contributed by atoms with van der Waals surface area (Å²) in [6.45, 7) is 6.57. The molecule has 4 rings (SSSR count). The van der Waals surface area contributed by atoms with E-state index in [-0.39, 0.29) is 0 Å². The third-order valence-corrected chi connectivity index (χ3v) is 8.07. The SMILES string of the molecule is CCCNCC(O)c1ccc(-c2cccc(-c3cccc(-c4ccc(C(O)CNCCC)c(OC)n4)c3Cl)c2Cl)nc1OC. The highest BCUT2D eigenvalue weighted by Gasteiger charge is 2.21. The molecule has 44 heavy (non-hydrogen) atoms. The van der Waals surface area contributed by atoms with Crippen LogP contribution in [0.1, 0.15) is 50.0 Å². The van der Waals surface area contributed by atoms with Gasteiger partial charge in [0.15, 0.2) is 0 Å². The molecule has 4 aromatic rings. The van der Waals surface area contributed by atoms with Crippen molar-refractivity contribution in [1.82, 2.24) is 20.6 Å². The Bertz CT molecular complexity index is 1440. The van der Waals surface area contributed by atoms with Gasteiger partial charge in [0, 0.05) is 46.5 Å². The zero-order valence-electron chi connectivity index (χ0n) is 25.5. The quantitative estimate of drug-likeness (QED) is 0.105. The lowest BCUT2D eigenvalue weighted by Crippen LogP contribution is -2.22. The molecule has 0 spiro atoms. The van der Waals surface area contributed by atoms with E-state index < -0.39 is 12.2 Å². The highest BCUT2D eigenvalue weighted by molar-refractivity contribution is 6.39. The molecular formula is C34H40Cl2N4O4. The van der Waals surface area contributed by atoms with Gasteiger partial charge in [-0.1, -0.05) is 73.4 Å². The first kappa shape index (κ1) is 33.6. The van der Waals surface area contributed by atoms with Crippen molar-refractivity contribution in [2.24, 2.45) is 0 Å². The van der Waals surface area contributed by atoms with Crippen LogP contribution in [0.4, 0.5) is 0 Å². The van der Waals surface area contributed by atoms with Crippen molar-refractivity contribution in [3.63, 3.8) is 0 Å². The van der Waals surface area contributed by atoms with Gasteiger partial charge in [-0.2, -0.15) is 0 Å². The second-order valence-electron chi connectivity index (χ2n) is 10.4. The molecule has 2 heterocycles. The number of aromatic nitrogens is 2. The molecule has 0 bridgehead atoms. The van der Waals surface area contributed by atoms with Crippen LogP contribution < -0.4 is 20.1 Å². The molecule has 10 heteroatoms. The van der Waals surface area contributed by atoms with Gasteiger partial charge in [-0.3, -0.25) is 0 Å². The fourth-order valence-electron chi connectivity index (χ4n) is 4.96. The maximum Gasteiger partial charge on any atom is 0.219 e. The minimum Gasteiger partial charge on any atom is -0.481 e. The normalized spacial score (nSPS) is 12.6. The summed E-state index contributed by atoms with van der Waals surface area (Å²) in [5.74, 6) is 0.675. The fraction of sp³-hybridized carbons (Fsp3) is 0.353. The van der Waals surface area contributed by atoms with Crippen LogP contribution in [-0.2, 0) is 0 Å². The Labute approximate surface area is 269 Å². The van der Waals surface area contributed by atoms with Crippen LogP contribution in [0.2, 0.25) is 10.0 Å². The summed E-state index contributed by atoms with van der Waals surface area (Å²) in [6, 6.07) is 18.7. The van der Waals surface area contributed by atoms with Crippen LogP contribution >= 0.6 is 23.2 Å². The van der Waals surface area contributed by atoms with Gasteiger partial charge in [0.2, 0.25) is 11.8 Å². The van der Waals surface area contributed by atoms with Gasteiger partial charge in [-0.15, -0.1) is 0 Å². The molecule has 2 aromatic carbocycles. The van der Waals surface area contributed by atoms with E-state index in [1.807, 2.05) is 60.7 Å². The van der Waals surface area contributed by atoms with E-state index in [1.165, 1.54) is 14.2 Å². The molecule has 0 aliphatic carbocycles. The van der Waals surface area contributed by atoms with Gasteiger partial charge in [-0.25, -0.2) is 9.97 Å². The molecule has 0 saturated carbocycles. The molecule has 0 saturated heterocycles. The first-order valence-corrected chi connectivity index (χ1v) is 15.6. The molecule has 234 valence electrons. The number of aliphatic hydroxyl groups is 2. The number of nitrogens with zero attached hydrogens (tertiary/aromatic N) is 2. The molecule has 2 aromatic heterocycles. The average molecular weight is 640 g/mol. The van der Waals surface area contributed by atoms with Crippen molar-refractivity contribution in [3.05, 3.63) is 81.8 Å². The Balaban J connectivity index is 1.67. The number of pyridine rings is 2. The number of benzene rings is 2. The molecule has 8 nitrogen and oxygen atoms in total. The van der Waals surface area contributed by atoms with Gasteiger partial charge in [0.1, 0.15) is 0 Å². The van der Waals surface area contributed by atoms with Gasteiger partial charge < -0.3 is 30.3 Å². The van der Waals surface area contributed by atoms with E-state index in [2.05, 4.69) is 34.4 Å². The summed E-state index contributed by atoms with van der Waals surface area (Å²) in [5, 5.41) is 28.8. The largest absolute Gasteiger partial charge is 0.481 e. The Kier molecular flexibility index (Phi) is 12.4. The second-order valence-corrected chi connectivity index (χ2v) is 11.1. The fourth-order valence-corrected chi connectivity index (χ4v) is 5.61. The van der Waals surface area contributed by atoms with Crippen LogP contribution in [0.15, 0.2) is 60.7 Å². The molecule has 4 N–H and O–H groups in total. The number of nitrogens with one attached hydrogen (secondary N) is 2. The molecule has 0 radical (unpaired) electrons. The van der Waals surface area contributed by atoms with Crippen molar-refractivity contribution in [2.75, 3.05) is 40.4 Å². The van der Waals surface area contributed by atoms with Gasteiger partial charge >= 0.3 is 0 Å². The molecule has 0 aliphatic rings. The lowest BCUT2D eigenvalue weighted by Gasteiger charge is -2.17. The molecule has 2 atom stereocenters. The third kappa shape index (κ3) is 7.69. The zero-order valence-corrected chi connectivity index (χ0v) is 27.0. The molecule has 0 fully saturated rings. The van der Waals surface area contributed by atoms with Crippen LogP contribution in [0.3, 0.4) is 0 Å². The predicted molar refractivity (Wildman–Crippen MR) is 178 cm³/mol. The maximum absolute atomic E-state index is 10.7. The highest BCUT2D eigenvalue weighted by Crippen LogP contribution is 2.42. The third-order valence-electron chi connectivity index (χ3n) is 7.25. The van der Waals surface area contributed by atoms with Crippen molar-refractivity contribution in [1.29, 1.82) is 0 Å². The number of hydrogen-bond donors (Lipinski definition) is 4. The zero-order chi connectivity index (χ0) is 31.6. The number of hydrogen-bond acceptors (Lipinski definition) is 8. The van der Waals surface area contributed by atoms with Crippen LogP contribution in [-0.4, -0.2) is 60.6 Å². The predicted octanol–water partition coefficient (Wildman–Crippen LogP) is 6.87. The van der Waals surface area contributed by atoms with Crippen LogP contribution in [0, 0.1) is 0 Å². The monoisotopic (exact) mass is 638 g/mol. The van der Waals surface area contributed by atoms with E-state index in [9.17, 15) is 10.2 Å². The van der Waals surface area contributed by atoms with E-state index >= 15 is 0 Å². The Morgan fingerprint density at radius 3 is 1.39 bits per heavy atom. The molecule has 2 unspecified atom stereocenters. The summed E-state index contributed by atoms with van der Waals surface area (Å²) in [6.07, 6.45) is 0.426. The summed E-state index contributed by atoms with van der Waals surface area (Å²) in [4.78, 5) is 9.37. The first-order valence-electron chi connectivity index (χ1n) is 14.8. The number of methoxy groups -OCH3 is 2. The summed E-state index contributed by atoms with van der Waals surface area (Å²) < 4.78 is 11.1. The number of ether oxygens (including phenoxy) is 2. The lowest BCUT2D eigenvalue weighted by molar-refractivity contribution is 0.169. The van der Waals surface area contributed by atoms with E-state index in [0.717, 1.165) is 37.1 Å². The van der Waals surface area contributed by atoms with Gasteiger partial charge in [0.05, 0.1) is 47.9 Å². The molecule has 0 aliphatic heterocycles. The Morgan fingerprint density at radius 2 is 1.02 bits per heavy atom. The van der Waals surface area contributed by atoms with E-state index in [0.29, 0.717) is 68.5 Å². The molecular weight excluding hydrogens is 599 g/mol. The first-order chi connectivity index (χ1) is 21.3. The Hall–Kier alpha value is -3.24. The number of aliphatic hydroxyl groups excluding tert-OH is 2. The summed E-state index contributed by atoms with van der Waals surface area (Å²) in [7, 11) is 3.06. The number of rotatable bonds is 15. The number of halogens is 2. The highest BCUT2D eigenvalue weighted by atomic mass is 35.5. The van der Waals surface area contributed by atoms with E-state index in [4.69, 9.17) is 32.7 Å². The van der Waals surface area contributed by atoms with Crippen molar-refractivity contribution < 1.29 is 19.7 Å². The minimum absolute atomic E-state index is 0.338. The molecule has 0 amide bonds. The maximum atomic E-state index is 10.7. The van der Waals surface area contributed by atoms with Crippen molar-refractivity contribution in [3.8, 4) is 45.4 Å². The van der Waals surface area contributed by atoms with Crippen molar-refractivity contribution >= 4 is 23.2 Å². The van der Waals surface area contributed by atoms with Crippen LogP contribution in [0.5, 0.6) is 11.8 Å². The van der Waals surface area contributed by atoms with Crippen LogP contribution in [0.25, 0.3) is 33.6 Å². The lowest BCUT2D eigenvalue weighted by atomic mass is 9.97. The minimum atomic E-state index is -0.760. The summed E-state index contributed by atoms with van der Waals surface area (Å²) in [5.41, 5.74) is 5.26. The van der Waals surface area contributed by atoms with Gasteiger partial charge in [-0.05, 0) is 50.2 Å². The smallest absolute Gasteiger partial charge is 0.219 e. The Morgan fingerprint density at radius 1 is 0.636 bits per heavy atom. The standard InChI is InChI=1S/C34H40Cl2N4O4/c1-5-17-37-19-29(41)25-13-15-27(39-33(25)43-3)23-11-7-9-21(31(23)35)22-10-8-12-24(32(22)36)28-16-14-26(34(40-28)44-4)30(42)20-38-18-6-2/h7-16,29-30,37-38,41-42H,5-6,17-20H2,1-4H3. The topological polar surface area (TPSA) is 109 Å². The second kappa shape index (κ2) is 16.2. The van der Waals surface area contributed by atoms with E-state index in [1.54, 1.807) is 0 Å². The average Bonchev–Trinajstić information content (AvgIpc) is 3.04. The summed E-state index contributed by atoms with van der Waals surface area (Å²) >= 11 is 14.0. The van der Waals surface area contributed by atoms with Gasteiger partial charge in [0.25, 0.3) is 0 Å². The van der Waals surface area contributed by atoms with Crippen molar-refractivity contribution in [2.45, 2.75) is 38.9 Å².